The van der Waals surface area contributed by atoms with Crippen molar-refractivity contribution in [2.75, 3.05) is 18.4 Å². The number of likely N-dealkylation sites (tertiary alicyclic amines) is 1. The van der Waals surface area contributed by atoms with Gasteiger partial charge in [0, 0.05) is 65.3 Å². The molecule has 336 valence electrons. The van der Waals surface area contributed by atoms with Crippen LogP contribution in [0.15, 0.2) is 85.1 Å². The first kappa shape index (κ1) is 47.6. The van der Waals surface area contributed by atoms with Gasteiger partial charge in [-0.1, -0.05) is 84.0 Å². The molecule has 0 bridgehead atoms. The van der Waals surface area contributed by atoms with Crippen molar-refractivity contribution in [1.29, 1.82) is 10.5 Å². The van der Waals surface area contributed by atoms with E-state index in [-0.39, 0.29) is 44.1 Å². The Morgan fingerprint density at radius 3 is 2.15 bits per heavy atom. The number of nitriles is 2. The number of pyridine rings is 1. The maximum atomic E-state index is 13.9. The van der Waals surface area contributed by atoms with Crippen LogP contribution in [-0.2, 0) is 20.9 Å². The lowest BCUT2D eigenvalue weighted by molar-refractivity contribution is -0.164. The van der Waals surface area contributed by atoms with Gasteiger partial charge in [0.15, 0.2) is 0 Å². The monoisotopic (exact) mass is 896 g/mol. The number of hydrogen-bond acceptors (Lipinski definition) is 10. The zero-order valence-corrected chi connectivity index (χ0v) is 38.2. The largest absolute Gasteiger partial charge is 0.489 e. The quantitative estimate of drug-likeness (QED) is 0.109. The molecule has 3 aromatic carbocycles. The van der Waals surface area contributed by atoms with Crippen LogP contribution in [-0.4, -0.2) is 82.0 Å². The number of rotatable bonds is 12. The van der Waals surface area contributed by atoms with Crippen molar-refractivity contribution in [2.45, 2.75) is 91.8 Å². The molecule has 65 heavy (non-hydrogen) atoms. The van der Waals surface area contributed by atoms with Crippen LogP contribution < -0.4 is 26.0 Å². The number of carbonyl (C=O) groups excluding carboxylic acids is 4. The maximum Gasteiger partial charge on any atom is 0.251 e. The minimum Gasteiger partial charge on any atom is -0.489 e. The Hall–Kier alpha value is -6.92. The molecule has 15 heteroatoms. The third-order valence-electron chi connectivity index (χ3n) is 12.0. The summed E-state index contributed by atoms with van der Waals surface area (Å²) in [7, 11) is 0. The van der Waals surface area contributed by atoms with Crippen LogP contribution in [0.2, 0.25) is 5.02 Å². The average molecular weight is 897 g/mol. The number of anilines is 1. The van der Waals surface area contributed by atoms with Crippen molar-refractivity contribution in [1.82, 2.24) is 25.8 Å². The van der Waals surface area contributed by atoms with Crippen LogP contribution in [0.1, 0.15) is 93.1 Å². The summed E-state index contributed by atoms with van der Waals surface area (Å²) in [5, 5.41) is 40.9. The van der Waals surface area contributed by atoms with E-state index in [2.05, 4.69) is 50.2 Å². The molecule has 1 aliphatic heterocycles. The highest BCUT2D eigenvalue weighted by molar-refractivity contribution is 6.31. The van der Waals surface area contributed by atoms with Crippen molar-refractivity contribution in [3.63, 3.8) is 0 Å². The lowest BCUT2D eigenvalue weighted by Crippen LogP contribution is -2.74. The molecule has 0 unspecified atom stereocenters. The van der Waals surface area contributed by atoms with E-state index < -0.39 is 52.2 Å². The maximum absolute atomic E-state index is 13.9. The molecule has 6 rings (SSSR count). The fraction of sp³-hybridized carbons (Fsp3) is 0.380. The lowest BCUT2D eigenvalue weighted by Gasteiger charge is -2.63. The molecule has 3 atom stereocenters. The zero-order chi connectivity index (χ0) is 47.3. The minimum atomic E-state index is -0.998. The Morgan fingerprint density at radius 1 is 0.908 bits per heavy atom. The van der Waals surface area contributed by atoms with Gasteiger partial charge in [0.1, 0.15) is 35.8 Å². The molecular formula is C50H53ClN8O6. The molecule has 0 spiro atoms. The van der Waals surface area contributed by atoms with Gasteiger partial charge in [-0.15, -0.1) is 0 Å². The highest BCUT2D eigenvalue weighted by atomic mass is 35.5. The van der Waals surface area contributed by atoms with E-state index in [1.165, 1.54) is 4.90 Å². The normalized spacial score (nSPS) is 19.7. The van der Waals surface area contributed by atoms with Gasteiger partial charge in [-0.3, -0.25) is 19.2 Å². The van der Waals surface area contributed by atoms with Crippen LogP contribution in [0.5, 0.6) is 5.75 Å². The molecule has 2 aliphatic rings. The summed E-state index contributed by atoms with van der Waals surface area (Å²) in [6.45, 7) is 13.6. The predicted molar refractivity (Wildman–Crippen MR) is 245 cm³/mol. The van der Waals surface area contributed by atoms with Gasteiger partial charge in [-0.05, 0) is 71.6 Å². The highest BCUT2D eigenvalue weighted by Crippen LogP contribution is 2.55. The number of halogens is 1. The van der Waals surface area contributed by atoms with Crippen LogP contribution in [0, 0.1) is 50.7 Å². The second-order valence-corrected chi connectivity index (χ2v) is 19.1. The molecule has 1 saturated heterocycles. The molecule has 2 heterocycles. The number of nitrogens with zero attached hydrogens (tertiary/aromatic N) is 4. The number of ether oxygens (including phenoxy) is 1. The number of benzene rings is 3. The minimum absolute atomic E-state index is 0.0496. The van der Waals surface area contributed by atoms with Gasteiger partial charge >= 0.3 is 0 Å². The molecular weight excluding hydrogens is 844 g/mol. The number of hydrogen-bond donors (Lipinski definition) is 5. The van der Waals surface area contributed by atoms with Crippen LogP contribution in [0.25, 0.3) is 0 Å². The average Bonchev–Trinajstić information content (AvgIpc) is 3.68. The number of carbonyl (C=O) groups is 4. The van der Waals surface area contributed by atoms with E-state index >= 15 is 0 Å². The smallest absolute Gasteiger partial charge is 0.251 e. The van der Waals surface area contributed by atoms with Gasteiger partial charge < -0.3 is 36.0 Å². The number of aromatic nitrogens is 1. The Bertz CT molecular complexity index is 2570. The van der Waals surface area contributed by atoms with Gasteiger partial charge in [-0.2, -0.15) is 10.5 Å². The third-order valence-corrected chi connectivity index (χ3v) is 12.3. The van der Waals surface area contributed by atoms with Crippen molar-refractivity contribution in [3.8, 4) is 29.7 Å². The number of amides is 4. The zero-order valence-electron chi connectivity index (χ0n) is 37.5. The number of aliphatic hydroxyl groups excluding tert-OH is 1. The van der Waals surface area contributed by atoms with Gasteiger partial charge in [0.2, 0.25) is 17.7 Å². The second kappa shape index (κ2) is 19.4. The summed E-state index contributed by atoms with van der Waals surface area (Å²) in [6.07, 6.45) is 0.495. The van der Waals surface area contributed by atoms with E-state index in [4.69, 9.17) is 21.6 Å². The summed E-state index contributed by atoms with van der Waals surface area (Å²) >= 11 is 6.23. The summed E-state index contributed by atoms with van der Waals surface area (Å²) in [5.41, 5.74) is 1.91. The molecule has 1 saturated carbocycles. The lowest BCUT2D eigenvalue weighted by atomic mass is 9.49. The fourth-order valence-corrected chi connectivity index (χ4v) is 8.95. The molecule has 5 N–H and O–H groups in total. The first-order valence-corrected chi connectivity index (χ1v) is 21.6. The van der Waals surface area contributed by atoms with Gasteiger partial charge in [0.05, 0.1) is 34.9 Å². The Labute approximate surface area is 384 Å². The van der Waals surface area contributed by atoms with Crippen molar-refractivity contribution >= 4 is 41.0 Å². The first-order chi connectivity index (χ1) is 30.7. The van der Waals surface area contributed by atoms with Gasteiger partial charge in [0.25, 0.3) is 5.91 Å². The molecule has 4 aromatic rings. The Kier molecular flexibility index (Phi) is 14.2. The summed E-state index contributed by atoms with van der Waals surface area (Å²) < 4.78 is 6.34. The van der Waals surface area contributed by atoms with Gasteiger partial charge in [-0.25, -0.2) is 4.98 Å². The third kappa shape index (κ3) is 11.1. The Morgan fingerprint density at radius 2 is 1.55 bits per heavy atom. The van der Waals surface area contributed by atoms with Crippen molar-refractivity contribution in [2.24, 2.45) is 16.2 Å². The van der Waals surface area contributed by atoms with E-state index in [9.17, 15) is 29.5 Å². The van der Waals surface area contributed by atoms with Crippen LogP contribution in [0.4, 0.5) is 5.82 Å². The van der Waals surface area contributed by atoms with Crippen molar-refractivity contribution < 1.29 is 29.0 Å². The second-order valence-electron chi connectivity index (χ2n) is 18.7. The number of nitrogens with one attached hydrogen (secondary N) is 4. The highest BCUT2D eigenvalue weighted by Gasteiger charge is 2.64. The van der Waals surface area contributed by atoms with E-state index in [0.717, 1.165) is 5.56 Å². The SMILES string of the molecule is CC1(C)C(NC(=O)c2ccc(C#Cc3ccc(NCC(=O)N[C@H](C(=O)N4C[C@H](O)C[C@H]4C(=O)NCc4ccc(C#N)cc4)C(C)(C)C)nc3)cc2)C(C)(C)C1Oc1ccc(C#N)c(Cl)c1. The summed E-state index contributed by atoms with van der Waals surface area (Å²) in [5.74, 6) is 5.55. The fourth-order valence-electron chi connectivity index (χ4n) is 8.74. The van der Waals surface area contributed by atoms with Crippen LogP contribution in [0.3, 0.4) is 0 Å². The molecule has 0 radical (unpaired) electrons. The number of aliphatic hydroxyl groups is 1. The topological polar surface area (TPSA) is 210 Å². The van der Waals surface area contributed by atoms with Crippen molar-refractivity contribution in [3.05, 3.63) is 123 Å². The molecule has 1 aromatic heterocycles. The molecule has 4 amide bonds. The summed E-state index contributed by atoms with van der Waals surface area (Å²) in [4.78, 5) is 59.5. The summed E-state index contributed by atoms with van der Waals surface area (Å²) in [6, 6.07) is 24.2. The molecule has 2 fully saturated rings. The Balaban J connectivity index is 0.989. The van der Waals surface area contributed by atoms with E-state index in [0.29, 0.717) is 44.4 Å². The van der Waals surface area contributed by atoms with E-state index in [1.807, 2.05) is 48.5 Å². The van der Waals surface area contributed by atoms with Crippen LogP contribution >= 0.6 is 11.6 Å². The molecule has 1 aliphatic carbocycles. The standard InChI is InChI=1S/C50H53ClN8O6/c1-48(2,3)42(45(64)59-29-36(60)22-39(59)44(63)56-27-32-12-9-31(24-52)10-13-32)57-41(61)28-55-40-21-16-33(26-54-40)11-8-30-14-17-34(18-15-30)43(62)58-46-49(4,5)47(50(46,6)7)65-37-20-19-35(25-53)38(51)23-37/h9-10,12-21,23,26,36,39,42,46-47,60H,22,27-29H2,1-7H3,(H,54,55)(H,56,63)(H,57,61)(H,58,62)/t36-,39+,42-,46?,47?/m1/s1. The first-order valence-electron chi connectivity index (χ1n) is 21.2. The van der Waals surface area contributed by atoms with E-state index in [1.54, 1.807) is 85.1 Å². The predicted octanol–water partition coefficient (Wildman–Crippen LogP) is 5.71. The molecule has 14 nitrogen and oxygen atoms in total. The number of β-amino-alcohol motifs (C(OH)–C–C–N with tert-alkyl or cyclic N) is 1.